The van der Waals surface area contributed by atoms with E-state index in [-0.39, 0.29) is 37.2 Å². The summed E-state index contributed by atoms with van der Waals surface area (Å²) in [5.74, 6) is -0.326. The van der Waals surface area contributed by atoms with Crippen molar-refractivity contribution in [1.82, 2.24) is 29.6 Å². The van der Waals surface area contributed by atoms with Gasteiger partial charge >= 0.3 is 6.09 Å². The summed E-state index contributed by atoms with van der Waals surface area (Å²) in [7, 11) is 0. The summed E-state index contributed by atoms with van der Waals surface area (Å²) in [6.07, 6.45) is 6.32. The van der Waals surface area contributed by atoms with Crippen LogP contribution in [0.2, 0.25) is 0 Å². The number of hydrogen-bond donors (Lipinski definition) is 3. The Bertz CT molecular complexity index is 1660. The van der Waals surface area contributed by atoms with Crippen LogP contribution in [0.1, 0.15) is 46.0 Å². The van der Waals surface area contributed by atoms with Gasteiger partial charge in [-0.15, -0.1) is 0 Å². The summed E-state index contributed by atoms with van der Waals surface area (Å²) in [5, 5.41) is 9.96. The summed E-state index contributed by atoms with van der Waals surface area (Å²) in [4.78, 5) is 46.0. The van der Waals surface area contributed by atoms with Gasteiger partial charge in [-0.3, -0.25) is 29.1 Å². The first-order valence-electron chi connectivity index (χ1n) is 13.0. The van der Waals surface area contributed by atoms with E-state index in [1.807, 2.05) is 31.4 Å². The Kier molecular flexibility index (Phi) is 7.42. The van der Waals surface area contributed by atoms with Crippen molar-refractivity contribution in [2.45, 2.75) is 39.5 Å². The number of aromatic nitrogens is 5. The third-order valence-corrected chi connectivity index (χ3v) is 6.65. The number of carbonyl (C=O) groups excluding carboxylic acids is 3. The normalized spacial score (nSPS) is 16.0. The lowest BCUT2D eigenvalue weighted by Gasteiger charge is -2.34. The number of rotatable bonds is 9. The number of anilines is 1. The fourth-order valence-corrected chi connectivity index (χ4v) is 4.69. The molecular weight excluding hydrogens is 528 g/mol. The van der Waals surface area contributed by atoms with Gasteiger partial charge in [0.05, 0.1) is 16.7 Å². The first-order chi connectivity index (χ1) is 19.7. The monoisotopic (exact) mass is 558 g/mol. The van der Waals surface area contributed by atoms with E-state index in [1.54, 1.807) is 53.5 Å². The molecule has 3 amide bonds. The van der Waals surface area contributed by atoms with Crippen LogP contribution < -0.4 is 21.1 Å². The van der Waals surface area contributed by atoms with E-state index in [9.17, 15) is 14.4 Å². The van der Waals surface area contributed by atoms with Crippen LogP contribution in [0.25, 0.3) is 11.0 Å². The minimum atomic E-state index is -0.817. The van der Waals surface area contributed by atoms with Crippen LogP contribution in [0.15, 0.2) is 54.9 Å². The van der Waals surface area contributed by atoms with Crippen molar-refractivity contribution in [3.8, 4) is 5.75 Å². The number of nitrogens with two attached hydrogens (primary N) is 1. The molecule has 3 aromatic heterocycles. The van der Waals surface area contributed by atoms with Crippen molar-refractivity contribution in [2.75, 3.05) is 18.5 Å². The Morgan fingerprint density at radius 1 is 1.22 bits per heavy atom. The molecule has 1 aliphatic heterocycles. The lowest BCUT2D eigenvalue weighted by Crippen LogP contribution is -2.39. The molecule has 0 saturated carbocycles. The second-order valence-corrected chi connectivity index (χ2v) is 9.78. The highest BCUT2D eigenvalue weighted by atomic mass is 16.5. The maximum Gasteiger partial charge on any atom is 0.407 e. The molecule has 13 heteroatoms. The highest BCUT2D eigenvalue weighted by Crippen LogP contribution is 2.40. The molecule has 1 aliphatic rings. The maximum atomic E-state index is 13.3. The Balaban J connectivity index is 1.40. The predicted octanol–water partition coefficient (Wildman–Crippen LogP) is 2.90. The molecule has 41 heavy (non-hydrogen) atoms. The molecule has 1 atom stereocenters. The van der Waals surface area contributed by atoms with Gasteiger partial charge < -0.3 is 20.5 Å². The van der Waals surface area contributed by atoms with Crippen LogP contribution in [-0.2, 0) is 23.4 Å². The van der Waals surface area contributed by atoms with Crippen LogP contribution in [0.4, 0.5) is 10.7 Å². The van der Waals surface area contributed by atoms with Crippen LogP contribution in [0.3, 0.4) is 0 Å². The molecule has 4 heterocycles. The van der Waals surface area contributed by atoms with E-state index in [0.717, 1.165) is 5.56 Å². The third-order valence-electron chi connectivity index (χ3n) is 6.65. The van der Waals surface area contributed by atoms with E-state index in [4.69, 9.17) is 15.2 Å². The number of amides is 3. The fraction of sp³-hybridized carbons (Fsp3) is 0.286. The molecule has 0 unspecified atom stereocenters. The Hall–Kier alpha value is -5.20. The van der Waals surface area contributed by atoms with Gasteiger partial charge in [0.25, 0.3) is 5.91 Å². The lowest BCUT2D eigenvalue weighted by molar-refractivity contribution is 0.0995. The average Bonchev–Trinajstić information content (AvgIpc) is 3.53. The van der Waals surface area contributed by atoms with Crippen molar-refractivity contribution >= 4 is 34.9 Å². The Morgan fingerprint density at radius 2 is 2.00 bits per heavy atom. The topological polar surface area (TPSA) is 168 Å². The molecule has 13 nitrogen and oxygen atoms in total. The Morgan fingerprint density at radius 3 is 2.73 bits per heavy atom. The molecule has 0 fully saturated rings. The predicted molar refractivity (Wildman–Crippen MR) is 150 cm³/mol. The van der Waals surface area contributed by atoms with E-state index in [0.29, 0.717) is 34.7 Å². The third kappa shape index (κ3) is 5.60. The van der Waals surface area contributed by atoms with Crippen molar-refractivity contribution < 1.29 is 23.9 Å². The summed E-state index contributed by atoms with van der Waals surface area (Å²) >= 11 is 0. The van der Waals surface area contributed by atoms with Gasteiger partial charge in [0, 0.05) is 31.0 Å². The largest absolute Gasteiger partial charge is 0.488 e. The molecule has 0 radical (unpaired) electrons. The lowest BCUT2D eigenvalue weighted by atomic mass is 9.99. The maximum absolute atomic E-state index is 13.3. The van der Waals surface area contributed by atoms with Gasteiger partial charge in [-0.05, 0) is 56.7 Å². The number of carbonyl (C=O) groups is 3. The van der Waals surface area contributed by atoms with Crippen molar-refractivity contribution in [3.05, 3.63) is 77.4 Å². The minimum Gasteiger partial charge on any atom is -0.488 e. The highest BCUT2D eigenvalue weighted by molar-refractivity contribution is 6.04. The average molecular weight is 559 g/mol. The Labute approximate surface area is 235 Å². The van der Waals surface area contributed by atoms with Gasteiger partial charge in [0.1, 0.15) is 30.2 Å². The van der Waals surface area contributed by atoms with E-state index < -0.39 is 17.5 Å². The molecule has 5 rings (SSSR count). The quantitative estimate of drug-likeness (QED) is 0.264. The van der Waals surface area contributed by atoms with Gasteiger partial charge in [-0.1, -0.05) is 12.2 Å². The van der Waals surface area contributed by atoms with Gasteiger partial charge in [0.15, 0.2) is 0 Å². The zero-order valence-corrected chi connectivity index (χ0v) is 22.9. The molecule has 0 saturated heterocycles. The van der Waals surface area contributed by atoms with Crippen LogP contribution in [0.5, 0.6) is 5.75 Å². The second kappa shape index (κ2) is 11.1. The van der Waals surface area contributed by atoms with Gasteiger partial charge in [0.2, 0.25) is 11.9 Å². The summed E-state index contributed by atoms with van der Waals surface area (Å²) in [6.45, 7) is 6.62. The van der Waals surface area contributed by atoms with Crippen LogP contribution in [0, 0.1) is 6.92 Å². The summed E-state index contributed by atoms with van der Waals surface area (Å²) in [5.41, 5.74) is 7.91. The van der Waals surface area contributed by atoms with E-state index >= 15 is 0 Å². The number of nitrogens with zero attached hydrogens (tertiary/aromatic N) is 5. The summed E-state index contributed by atoms with van der Waals surface area (Å²) in [6, 6.07) is 8.36. The zero-order valence-electron chi connectivity index (χ0n) is 22.9. The molecule has 0 bridgehead atoms. The van der Waals surface area contributed by atoms with Crippen molar-refractivity contribution in [1.29, 1.82) is 0 Å². The first kappa shape index (κ1) is 27.4. The SMILES string of the molecule is CCn1nc(C)cc1C(=O)Nc1nc2cc(C(N)=O)cc3c2n1[C@@](C)(/C=C/CNC(=O)OCc1ccncc1)CO3. The highest BCUT2D eigenvalue weighted by Gasteiger charge is 2.36. The molecule has 4 aromatic rings. The first-order valence-corrected chi connectivity index (χ1v) is 13.0. The van der Waals surface area contributed by atoms with Crippen LogP contribution >= 0.6 is 0 Å². The molecule has 4 N–H and O–H groups in total. The number of imidazole rings is 1. The van der Waals surface area contributed by atoms with Gasteiger partial charge in [-0.2, -0.15) is 5.10 Å². The standard InChI is InChI=1S/C28H30N8O5/c1-4-35-21(12-17(2)34-35)25(38)33-26-32-20-13-19(24(29)37)14-22-23(20)36(26)28(3,16-41-22)8-5-9-31-27(39)40-15-18-6-10-30-11-7-18/h5-8,10-14H,4,9,15-16H2,1-3H3,(H2,29,37)(H,31,39)(H,32,33,38)/b8-5+/t28-/m0/s1. The zero-order chi connectivity index (χ0) is 29.1. The number of alkyl carbamates (subject to hydrolysis) is 1. The number of nitrogens with one attached hydrogen (secondary N) is 2. The second-order valence-electron chi connectivity index (χ2n) is 9.78. The summed E-state index contributed by atoms with van der Waals surface area (Å²) < 4.78 is 14.7. The number of hydrogen-bond acceptors (Lipinski definition) is 8. The number of ether oxygens (including phenoxy) is 2. The molecule has 0 aliphatic carbocycles. The minimum absolute atomic E-state index is 0.125. The van der Waals surface area contributed by atoms with E-state index in [1.165, 1.54) is 0 Å². The van der Waals surface area contributed by atoms with E-state index in [2.05, 4.69) is 25.7 Å². The molecule has 1 aromatic carbocycles. The molecule has 212 valence electrons. The smallest absolute Gasteiger partial charge is 0.407 e. The molecule has 0 spiro atoms. The van der Waals surface area contributed by atoms with Crippen molar-refractivity contribution in [2.24, 2.45) is 5.73 Å². The number of aryl methyl sites for hydroxylation is 2. The fourth-order valence-electron chi connectivity index (χ4n) is 4.69. The number of pyridine rings is 1. The van der Waals surface area contributed by atoms with Gasteiger partial charge in [-0.25, -0.2) is 9.78 Å². The molecular formula is C28H30N8O5. The van der Waals surface area contributed by atoms with Crippen LogP contribution in [-0.4, -0.2) is 55.4 Å². The van der Waals surface area contributed by atoms with Crippen molar-refractivity contribution in [3.63, 3.8) is 0 Å². The number of benzene rings is 1. The number of primary amides is 1.